The first-order valence-electron chi connectivity index (χ1n) is 11.4. The molecule has 7 heteroatoms. The van der Waals surface area contributed by atoms with Gasteiger partial charge in [0.1, 0.15) is 17.1 Å². The number of anilines is 1. The summed E-state index contributed by atoms with van der Waals surface area (Å²) >= 11 is 0. The van der Waals surface area contributed by atoms with Crippen LogP contribution in [0.2, 0.25) is 0 Å². The number of phenols is 1. The lowest BCUT2D eigenvalue weighted by molar-refractivity contribution is 0.381. The highest BCUT2D eigenvalue weighted by atomic mass is 19.1. The molecule has 168 valence electrons. The van der Waals surface area contributed by atoms with Gasteiger partial charge >= 0.3 is 6.01 Å². The topological polar surface area (TPSA) is 70.5 Å². The van der Waals surface area contributed by atoms with E-state index < -0.39 is 5.82 Å². The van der Waals surface area contributed by atoms with Crippen LogP contribution in [0, 0.1) is 5.82 Å². The molecule has 6 nitrogen and oxygen atoms in total. The molecule has 2 N–H and O–H groups in total. The van der Waals surface area contributed by atoms with Gasteiger partial charge in [0, 0.05) is 36.1 Å². The SMILES string of the molecule is COc1nc(N2CCC3CCC(C2)N3)c2ccc(-c3cc(O)cc4ccccc34)c(F)c2n1. The predicted octanol–water partition coefficient (Wildman–Crippen LogP) is 4.63. The number of fused-ring (bicyclic) bond motifs is 4. The number of rotatable bonds is 3. The summed E-state index contributed by atoms with van der Waals surface area (Å²) < 4.78 is 21.4. The van der Waals surface area contributed by atoms with Crippen molar-refractivity contribution in [1.82, 2.24) is 15.3 Å². The van der Waals surface area contributed by atoms with Gasteiger partial charge in [0.15, 0.2) is 5.82 Å². The zero-order valence-electron chi connectivity index (χ0n) is 18.4. The third-order valence-corrected chi connectivity index (χ3v) is 6.91. The Labute approximate surface area is 191 Å². The maximum Gasteiger partial charge on any atom is 0.318 e. The van der Waals surface area contributed by atoms with E-state index in [1.165, 1.54) is 13.5 Å². The van der Waals surface area contributed by atoms with E-state index in [1.807, 2.05) is 30.3 Å². The molecule has 6 rings (SSSR count). The first-order valence-corrected chi connectivity index (χ1v) is 11.4. The summed E-state index contributed by atoms with van der Waals surface area (Å²) in [5.41, 5.74) is 1.24. The number of methoxy groups -OCH3 is 1. The van der Waals surface area contributed by atoms with Crippen molar-refractivity contribution < 1.29 is 14.2 Å². The summed E-state index contributed by atoms with van der Waals surface area (Å²) in [5.74, 6) is 0.355. The highest BCUT2D eigenvalue weighted by Crippen LogP contribution is 2.38. The van der Waals surface area contributed by atoms with Crippen LogP contribution in [0.25, 0.3) is 32.8 Å². The Morgan fingerprint density at radius 1 is 1.00 bits per heavy atom. The monoisotopic (exact) mass is 444 g/mol. The van der Waals surface area contributed by atoms with Crippen LogP contribution < -0.4 is 15.0 Å². The van der Waals surface area contributed by atoms with Gasteiger partial charge < -0.3 is 20.1 Å². The van der Waals surface area contributed by atoms with Gasteiger partial charge in [-0.25, -0.2) is 4.39 Å². The van der Waals surface area contributed by atoms with Crippen LogP contribution in [0.3, 0.4) is 0 Å². The van der Waals surface area contributed by atoms with E-state index in [2.05, 4.69) is 20.2 Å². The molecule has 2 atom stereocenters. The molecule has 4 aromatic rings. The molecule has 3 heterocycles. The van der Waals surface area contributed by atoms with Gasteiger partial charge in [0.25, 0.3) is 0 Å². The fraction of sp³-hybridized carbons (Fsp3) is 0.308. The molecule has 33 heavy (non-hydrogen) atoms. The molecule has 0 radical (unpaired) electrons. The second-order valence-corrected chi connectivity index (χ2v) is 8.94. The smallest absolute Gasteiger partial charge is 0.318 e. The predicted molar refractivity (Wildman–Crippen MR) is 127 cm³/mol. The highest BCUT2D eigenvalue weighted by molar-refractivity contribution is 6.01. The van der Waals surface area contributed by atoms with E-state index in [0.717, 1.165) is 36.7 Å². The van der Waals surface area contributed by atoms with Gasteiger partial charge in [-0.05, 0) is 53.8 Å². The molecule has 2 bridgehead atoms. The van der Waals surface area contributed by atoms with E-state index in [-0.39, 0.29) is 17.3 Å². The Morgan fingerprint density at radius 3 is 2.73 bits per heavy atom. The molecular formula is C26H25FN4O2. The minimum absolute atomic E-state index is 0.0938. The minimum Gasteiger partial charge on any atom is -0.508 e. The Hall–Kier alpha value is -3.45. The normalized spacial score (nSPS) is 20.4. The van der Waals surface area contributed by atoms with Crippen LogP contribution in [0.4, 0.5) is 10.2 Å². The molecule has 2 aliphatic rings. The summed E-state index contributed by atoms with van der Waals surface area (Å²) in [7, 11) is 1.50. The first kappa shape index (κ1) is 20.2. The number of hydrogen-bond acceptors (Lipinski definition) is 6. The number of phenolic OH excluding ortho intramolecular Hbond substituents is 1. The Kier molecular flexibility index (Phi) is 4.80. The molecule has 2 saturated heterocycles. The van der Waals surface area contributed by atoms with Crippen LogP contribution in [-0.4, -0.2) is 47.4 Å². The standard InChI is InChI=1S/C26H25FN4O2/c1-33-26-29-24-21(25(30-26)31-11-10-16-6-7-17(14-31)28-16)9-8-20(23(24)27)22-13-18(32)12-15-4-2-3-5-19(15)22/h2-5,8-9,12-13,16-17,28,32H,6-7,10-11,14H2,1H3. The van der Waals surface area contributed by atoms with Crippen molar-refractivity contribution in [2.45, 2.75) is 31.3 Å². The molecule has 0 saturated carbocycles. The van der Waals surface area contributed by atoms with Gasteiger partial charge in [0.05, 0.1) is 7.11 Å². The van der Waals surface area contributed by atoms with E-state index >= 15 is 4.39 Å². The number of nitrogens with one attached hydrogen (secondary N) is 1. The summed E-state index contributed by atoms with van der Waals surface area (Å²) in [6, 6.07) is 15.7. The molecule has 1 aromatic heterocycles. The quantitative estimate of drug-likeness (QED) is 0.480. The van der Waals surface area contributed by atoms with Gasteiger partial charge in [-0.2, -0.15) is 9.97 Å². The average Bonchev–Trinajstić information content (AvgIpc) is 3.17. The zero-order valence-corrected chi connectivity index (χ0v) is 18.4. The summed E-state index contributed by atoms with van der Waals surface area (Å²) in [6.07, 6.45) is 3.38. The number of aromatic hydroxyl groups is 1. The van der Waals surface area contributed by atoms with E-state index in [0.29, 0.717) is 34.4 Å². The first-order chi connectivity index (χ1) is 16.1. The van der Waals surface area contributed by atoms with Gasteiger partial charge in [-0.3, -0.25) is 0 Å². The van der Waals surface area contributed by atoms with E-state index in [9.17, 15) is 5.11 Å². The zero-order chi connectivity index (χ0) is 22.5. The molecule has 2 fully saturated rings. The Bertz CT molecular complexity index is 1380. The van der Waals surface area contributed by atoms with Crippen molar-refractivity contribution >= 4 is 27.5 Å². The van der Waals surface area contributed by atoms with Crippen LogP contribution >= 0.6 is 0 Å². The lowest BCUT2D eigenvalue weighted by Gasteiger charge is -2.26. The molecule has 0 spiro atoms. The van der Waals surface area contributed by atoms with Crippen molar-refractivity contribution in [3.05, 3.63) is 54.3 Å². The maximum atomic E-state index is 16.0. The summed E-state index contributed by atoms with van der Waals surface area (Å²) in [6.45, 7) is 1.68. The van der Waals surface area contributed by atoms with Crippen LogP contribution in [0.15, 0.2) is 48.5 Å². The third kappa shape index (κ3) is 3.43. The number of hydrogen-bond donors (Lipinski definition) is 2. The lowest BCUT2D eigenvalue weighted by atomic mass is 9.96. The number of halogens is 1. The van der Waals surface area contributed by atoms with E-state index in [4.69, 9.17) is 4.74 Å². The van der Waals surface area contributed by atoms with Crippen LogP contribution in [-0.2, 0) is 0 Å². The second-order valence-electron chi connectivity index (χ2n) is 8.94. The maximum absolute atomic E-state index is 16.0. The van der Waals surface area contributed by atoms with Crippen molar-refractivity contribution in [2.24, 2.45) is 0 Å². The fourth-order valence-corrected chi connectivity index (χ4v) is 5.32. The fourth-order valence-electron chi connectivity index (χ4n) is 5.32. The van der Waals surface area contributed by atoms with Gasteiger partial charge in [0.2, 0.25) is 0 Å². The number of nitrogens with zero attached hydrogens (tertiary/aromatic N) is 3. The molecule has 2 aliphatic heterocycles. The largest absolute Gasteiger partial charge is 0.508 e. The van der Waals surface area contributed by atoms with Crippen LogP contribution in [0.1, 0.15) is 19.3 Å². The molecule has 0 aliphatic carbocycles. The molecule has 2 unspecified atom stereocenters. The highest BCUT2D eigenvalue weighted by Gasteiger charge is 2.31. The number of ether oxygens (including phenoxy) is 1. The third-order valence-electron chi connectivity index (χ3n) is 6.91. The molecule has 0 amide bonds. The van der Waals surface area contributed by atoms with Gasteiger partial charge in [-0.15, -0.1) is 0 Å². The van der Waals surface area contributed by atoms with Crippen molar-refractivity contribution in [3.63, 3.8) is 0 Å². The van der Waals surface area contributed by atoms with Crippen molar-refractivity contribution in [3.8, 4) is 22.9 Å². The Balaban J connectivity index is 1.53. The number of benzene rings is 3. The van der Waals surface area contributed by atoms with Crippen LogP contribution in [0.5, 0.6) is 11.8 Å². The number of aromatic nitrogens is 2. The summed E-state index contributed by atoms with van der Waals surface area (Å²) in [4.78, 5) is 11.3. The minimum atomic E-state index is -0.445. The van der Waals surface area contributed by atoms with Gasteiger partial charge in [-0.1, -0.05) is 30.3 Å². The van der Waals surface area contributed by atoms with Crippen molar-refractivity contribution in [1.29, 1.82) is 0 Å². The lowest BCUT2D eigenvalue weighted by Crippen LogP contribution is -2.35. The second kappa shape index (κ2) is 7.85. The van der Waals surface area contributed by atoms with Crippen molar-refractivity contribution in [2.75, 3.05) is 25.1 Å². The molecule has 3 aromatic carbocycles. The Morgan fingerprint density at radius 2 is 1.85 bits per heavy atom. The van der Waals surface area contributed by atoms with E-state index in [1.54, 1.807) is 18.2 Å². The average molecular weight is 445 g/mol. The molecular weight excluding hydrogens is 419 g/mol. The summed E-state index contributed by atoms with van der Waals surface area (Å²) in [5, 5.41) is 16.3.